The van der Waals surface area contributed by atoms with Gasteiger partial charge in [-0.15, -0.1) is 24.0 Å². The van der Waals surface area contributed by atoms with Crippen LogP contribution in [0.1, 0.15) is 41.0 Å². The van der Waals surface area contributed by atoms with Crippen molar-refractivity contribution in [3.63, 3.8) is 0 Å². The van der Waals surface area contributed by atoms with Gasteiger partial charge in [0, 0.05) is 25.7 Å². The molecule has 0 aromatic heterocycles. The Morgan fingerprint density at radius 1 is 1.26 bits per heavy atom. The highest BCUT2D eigenvalue weighted by Crippen LogP contribution is 2.15. The molecule has 0 saturated heterocycles. The molecule has 1 atom stereocenters. The Kier molecular flexibility index (Phi) is 12.0. The van der Waals surface area contributed by atoms with E-state index in [0.717, 1.165) is 32.0 Å². The van der Waals surface area contributed by atoms with E-state index < -0.39 is 0 Å². The highest BCUT2D eigenvalue weighted by atomic mass is 127. The number of hydrogen-bond acceptors (Lipinski definition) is 2. The van der Waals surface area contributed by atoms with Crippen LogP contribution < -0.4 is 10.6 Å². The lowest BCUT2D eigenvalue weighted by molar-refractivity contribution is 0.248. The number of hydrogen-bond donors (Lipinski definition) is 2. The third kappa shape index (κ3) is 11.5. The topological polar surface area (TPSA) is 39.7 Å². The first-order chi connectivity index (χ1) is 8.30. The van der Waals surface area contributed by atoms with Crippen LogP contribution in [0.5, 0.6) is 0 Å². The lowest BCUT2D eigenvalue weighted by atomic mass is 9.93. The number of guanidine groups is 1. The van der Waals surface area contributed by atoms with Crippen LogP contribution in [0.25, 0.3) is 0 Å². The summed E-state index contributed by atoms with van der Waals surface area (Å²) < 4.78 is 0. The van der Waals surface area contributed by atoms with Crippen LogP contribution >= 0.6 is 24.0 Å². The summed E-state index contributed by atoms with van der Waals surface area (Å²) in [6.07, 6.45) is 1.10. The predicted octanol–water partition coefficient (Wildman–Crippen LogP) is 2.55. The van der Waals surface area contributed by atoms with E-state index in [0.29, 0.717) is 6.04 Å². The van der Waals surface area contributed by atoms with Crippen molar-refractivity contribution in [2.24, 2.45) is 10.4 Å². The number of rotatable bonds is 7. The fraction of sp³-hybridized carbons (Fsp3) is 0.929. The van der Waals surface area contributed by atoms with Crippen LogP contribution in [0.4, 0.5) is 0 Å². The molecular weight excluding hydrogens is 351 g/mol. The first-order valence-electron chi connectivity index (χ1n) is 7.00. The van der Waals surface area contributed by atoms with E-state index in [1.54, 1.807) is 0 Å². The van der Waals surface area contributed by atoms with Crippen molar-refractivity contribution >= 4 is 29.9 Å². The van der Waals surface area contributed by atoms with Crippen LogP contribution in [0.3, 0.4) is 0 Å². The molecular formula is C14H33IN4. The molecule has 0 saturated carbocycles. The van der Waals surface area contributed by atoms with Gasteiger partial charge in [0.2, 0.25) is 0 Å². The Labute approximate surface area is 136 Å². The predicted molar refractivity (Wildman–Crippen MR) is 96.6 cm³/mol. The number of aliphatic imine (C=N–C) groups is 1. The van der Waals surface area contributed by atoms with Gasteiger partial charge in [-0.2, -0.15) is 0 Å². The van der Waals surface area contributed by atoms with Crippen LogP contribution in [0, 0.1) is 5.41 Å². The smallest absolute Gasteiger partial charge is 0.191 e. The zero-order chi connectivity index (χ0) is 14.2. The summed E-state index contributed by atoms with van der Waals surface area (Å²) in [6.45, 7) is 13.7. The molecule has 19 heavy (non-hydrogen) atoms. The van der Waals surface area contributed by atoms with E-state index >= 15 is 0 Å². The molecule has 0 aromatic rings. The Bertz CT molecular complexity index is 252. The van der Waals surface area contributed by atoms with Crippen LogP contribution in [-0.2, 0) is 0 Å². The van der Waals surface area contributed by atoms with E-state index in [1.165, 1.54) is 0 Å². The second kappa shape index (κ2) is 10.7. The normalized spacial score (nSPS) is 14.0. The monoisotopic (exact) mass is 384 g/mol. The third-order valence-electron chi connectivity index (χ3n) is 2.75. The Balaban J connectivity index is 0. The second-order valence-electron chi connectivity index (χ2n) is 6.05. The van der Waals surface area contributed by atoms with Gasteiger partial charge in [0.1, 0.15) is 0 Å². The van der Waals surface area contributed by atoms with Gasteiger partial charge in [-0.1, -0.05) is 20.8 Å². The quantitative estimate of drug-likeness (QED) is 0.403. The van der Waals surface area contributed by atoms with Crippen molar-refractivity contribution in [1.82, 2.24) is 15.5 Å². The summed E-state index contributed by atoms with van der Waals surface area (Å²) in [5.74, 6) is 0.929. The van der Waals surface area contributed by atoms with Gasteiger partial charge in [0.25, 0.3) is 0 Å². The highest BCUT2D eigenvalue weighted by Gasteiger charge is 2.18. The van der Waals surface area contributed by atoms with Gasteiger partial charge in [-0.3, -0.25) is 4.99 Å². The molecule has 0 bridgehead atoms. The molecule has 5 heteroatoms. The van der Waals surface area contributed by atoms with Gasteiger partial charge >= 0.3 is 0 Å². The second-order valence-corrected chi connectivity index (χ2v) is 6.05. The lowest BCUT2D eigenvalue weighted by Crippen LogP contribution is -2.43. The summed E-state index contributed by atoms with van der Waals surface area (Å²) in [4.78, 5) is 6.91. The van der Waals surface area contributed by atoms with Crippen molar-refractivity contribution in [2.45, 2.75) is 47.1 Å². The molecule has 116 valence electrons. The Morgan fingerprint density at radius 3 is 2.26 bits per heavy atom. The van der Waals surface area contributed by atoms with Crippen molar-refractivity contribution in [3.05, 3.63) is 0 Å². The molecule has 4 nitrogen and oxygen atoms in total. The first-order valence-corrected chi connectivity index (χ1v) is 7.00. The lowest BCUT2D eigenvalue weighted by Gasteiger charge is -2.27. The first kappa shape index (κ1) is 21.3. The van der Waals surface area contributed by atoms with Gasteiger partial charge in [-0.05, 0) is 39.8 Å². The minimum Gasteiger partial charge on any atom is -0.357 e. The van der Waals surface area contributed by atoms with Gasteiger partial charge in [0.05, 0.1) is 0 Å². The molecule has 0 aliphatic carbocycles. The summed E-state index contributed by atoms with van der Waals surface area (Å²) in [5, 5.41) is 6.72. The SMILES string of the molecule is CCNC(=NCC(C)(C)CN(C)C)NC(C)CC.I. The average molecular weight is 384 g/mol. The van der Waals surface area contributed by atoms with E-state index in [4.69, 9.17) is 4.99 Å². The maximum absolute atomic E-state index is 4.69. The van der Waals surface area contributed by atoms with Gasteiger partial charge < -0.3 is 15.5 Å². The van der Waals surface area contributed by atoms with Crippen LogP contribution in [-0.4, -0.2) is 50.6 Å². The average Bonchev–Trinajstić information content (AvgIpc) is 2.24. The summed E-state index contributed by atoms with van der Waals surface area (Å²) in [6, 6.07) is 0.458. The molecule has 0 heterocycles. The highest BCUT2D eigenvalue weighted by molar-refractivity contribution is 14.0. The Morgan fingerprint density at radius 2 is 1.84 bits per heavy atom. The zero-order valence-electron chi connectivity index (χ0n) is 13.7. The van der Waals surface area contributed by atoms with Crippen molar-refractivity contribution < 1.29 is 0 Å². The van der Waals surface area contributed by atoms with Crippen LogP contribution in [0.15, 0.2) is 4.99 Å². The molecule has 0 aliphatic rings. The molecule has 1 unspecified atom stereocenters. The summed E-state index contributed by atoms with van der Waals surface area (Å²) >= 11 is 0. The van der Waals surface area contributed by atoms with E-state index in [-0.39, 0.29) is 29.4 Å². The maximum atomic E-state index is 4.69. The number of nitrogens with one attached hydrogen (secondary N) is 2. The largest absolute Gasteiger partial charge is 0.357 e. The molecule has 0 rings (SSSR count). The van der Waals surface area contributed by atoms with Crippen molar-refractivity contribution in [1.29, 1.82) is 0 Å². The Hall–Kier alpha value is -0.0400. The molecule has 0 amide bonds. The number of halogens is 1. The fourth-order valence-electron chi connectivity index (χ4n) is 1.85. The number of nitrogens with zero attached hydrogens (tertiary/aromatic N) is 2. The minimum atomic E-state index is 0. The maximum Gasteiger partial charge on any atom is 0.191 e. The molecule has 2 N–H and O–H groups in total. The molecule has 0 fully saturated rings. The molecule has 0 aliphatic heterocycles. The van der Waals surface area contributed by atoms with Gasteiger partial charge in [0.15, 0.2) is 5.96 Å². The standard InChI is InChI=1S/C14H32N4.HI/c1-8-12(3)17-13(15-9-2)16-10-14(4,5)11-18(6)7;/h12H,8-11H2,1-7H3,(H2,15,16,17);1H. The van der Waals surface area contributed by atoms with E-state index in [9.17, 15) is 0 Å². The van der Waals surface area contributed by atoms with E-state index in [2.05, 4.69) is 64.2 Å². The van der Waals surface area contributed by atoms with Gasteiger partial charge in [-0.25, -0.2) is 0 Å². The molecule has 0 aromatic carbocycles. The third-order valence-corrected chi connectivity index (χ3v) is 2.75. The van der Waals surface area contributed by atoms with Crippen molar-refractivity contribution in [2.75, 3.05) is 33.7 Å². The minimum absolute atomic E-state index is 0. The van der Waals surface area contributed by atoms with Crippen LogP contribution in [0.2, 0.25) is 0 Å². The molecule has 0 radical (unpaired) electrons. The summed E-state index contributed by atoms with van der Waals surface area (Å²) in [7, 11) is 4.21. The fourth-order valence-corrected chi connectivity index (χ4v) is 1.85. The summed E-state index contributed by atoms with van der Waals surface area (Å²) in [5.41, 5.74) is 0.196. The van der Waals surface area contributed by atoms with Crippen molar-refractivity contribution in [3.8, 4) is 0 Å². The zero-order valence-corrected chi connectivity index (χ0v) is 16.0. The van der Waals surface area contributed by atoms with E-state index in [1.807, 2.05) is 0 Å². The molecule has 0 spiro atoms.